The van der Waals surface area contributed by atoms with E-state index in [9.17, 15) is 14.7 Å². The molecular formula is C29H40N4O4. The van der Waals surface area contributed by atoms with Crippen molar-refractivity contribution < 1.29 is 19.4 Å². The Labute approximate surface area is 219 Å². The van der Waals surface area contributed by atoms with Crippen LogP contribution in [0.2, 0.25) is 0 Å². The highest BCUT2D eigenvalue weighted by molar-refractivity contribution is 5.95. The van der Waals surface area contributed by atoms with Crippen LogP contribution in [0.15, 0.2) is 17.1 Å². The van der Waals surface area contributed by atoms with Gasteiger partial charge < -0.3 is 19.4 Å². The van der Waals surface area contributed by atoms with Crippen molar-refractivity contribution in [3.63, 3.8) is 0 Å². The SMILES string of the molecule is C=NC[C@H]1CC[C@@H](Cc2nc3c4c(ccc3n2[C@@H]2CCC[C@@H](C(=O)O)C2)N(C(=O)OC)[C@@H](C)CC4)CC1. The third-order valence-corrected chi connectivity index (χ3v) is 9.08. The molecule has 37 heavy (non-hydrogen) atoms. The summed E-state index contributed by atoms with van der Waals surface area (Å²) in [5.41, 5.74) is 4.04. The van der Waals surface area contributed by atoms with Gasteiger partial charge in [-0.15, -0.1) is 0 Å². The predicted octanol–water partition coefficient (Wildman–Crippen LogP) is 5.81. The lowest BCUT2D eigenvalue weighted by Gasteiger charge is -2.34. The number of carboxylic acid groups (broad SMARTS) is 1. The molecule has 1 amide bonds. The van der Waals surface area contributed by atoms with Gasteiger partial charge in [-0.2, -0.15) is 0 Å². The van der Waals surface area contributed by atoms with E-state index in [4.69, 9.17) is 9.72 Å². The second-order valence-corrected chi connectivity index (χ2v) is 11.4. The molecule has 1 aromatic carbocycles. The van der Waals surface area contributed by atoms with Crippen molar-refractivity contribution in [1.82, 2.24) is 9.55 Å². The number of nitrogens with zero attached hydrogens (tertiary/aromatic N) is 4. The third kappa shape index (κ3) is 4.99. The summed E-state index contributed by atoms with van der Waals surface area (Å²) in [5, 5.41) is 9.77. The Balaban J connectivity index is 1.54. The highest BCUT2D eigenvalue weighted by atomic mass is 16.5. The zero-order chi connectivity index (χ0) is 26.1. The van der Waals surface area contributed by atoms with Gasteiger partial charge in [0, 0.05) is 30.6 Å². The average molecular weight is 509 g/mol. The van der Waals surface area contributed by atoms with E-state index in [1.807, 2.05) is 6.07 Å². The molecule has 0 unspecified atom stereocenters. The largest absolute Gasteiger partial charge is 0.481 e. The number of amides is 1. The summed E-state index contributed by atoms with van der Waals surface area (Å²) in [7, 11) is 1.43. The number of fused-ring (bicyclic) bond motifs is 3. The van der Waals surface area contributed by atoms with Gasteiger partial charge in [-0.3, -0.25) is 9.69 Å². The average Bonchev–Trinajstić information content (AvgIpc) is 3.27. The van der Waals surface area contributed by atoms with Crippen LogP contribution in [-0.2, 0) is 22.4 Å². The van der Waals surface area contributed by atoms with Gasteiger partial charge in [-0.05, 0) is 95.4 Å². The van der Waals surface area contributed by atoms with Gasteiger partial charge in [0.25, 0.3) is 0 Å². The molecule has 0 radical (unpaired) electrons. The Kier molecular flexibility index (Phi) is 7.54. The van der Waals surface area contributed by atoms with Crippen LogP contribution in [0.5, 0.6) is 0 Å². The molecule has 2 aliphatic carbocycles. The zero-order valence-corrected chi connectivity index (χ0v) is 22.2. The Hall–Kier alpha value is -2.90. The smallest absolute Gasteiger partial charge is 0.414 e. The molecule has 3 aliphatic rings. The Morgan fingerprint density at radius 3 is 2.59 bits per heavy atom. The van der Waals surface area contributed by atoms with E-state index in [2.05, 4.69) is 29.3 Å². The second kappa shape index (κ2) is 10.8. The minimum Gasteiger partial charge on any atom is -0.481 e. The minimum atomic E-state index is -0.690. The van der Waals surface area contributed by atoms with Gasteiger partial charge in [0.05, 0.1) is 29.7 Å². The molecule has 1 N–H and O–H groups in total. The second-order valence-electron chi connectivity index (χ2n) is 11.4. The van der Waals surface area contributed by atoms with Gasteiger partial charge in [0.15, 0.2) is 0 Å². The van der Waals surface area contributed by atoms with Crippen LogP contribution in [0.4, 0.5) is 10.5 Å². The number of imidazole rings is 1. The first kappa shape index (κ1) is 25.7. The van der Waals surface area contributed by atoms with Crippen molar-refractivity contribution in [2.24, 2.45) is 22.7 Å². The molecule has 2 heterocycles. The van der Waals surface area contributed by atoms with E-state index in [1.54, 1.807) is 4.90 Å². The molecule has 0 saturated heterocycles. The number of ether oxygens (including phenoxy) is 1. The molecule has 8 nitrogen and oxygen atoms in total. The number of aryl methyl sites for hydroxylation is 1. The number of aliphatic carboxylic acids is 1. The standard InChI is InChI=1S/C29H40N4O4/c1-18-7-12-23-24(32(18)29(36)37-3)13-14-25-27(23)31-26(15-19-8-10-20(11-9-19)17-30-2)33(25)22-6-4-5-21(16-22)28(34)35/h13-14,18-22H,2,4-12,15-17H2,1,3H3,(H,34,35)/t18-,19-,20+,21+,22+/m0/s1. The number of carboxylic acids is 1. The lowest BCUT2D eigenvalue weighted by atomic mass is 9.80. The van der Waals surface area contributed by atoms with E-state index in [0.717, 1.165) is 86.0 Å². The number of carbonyl (C=O) groups excluding carboxylic acids is 1. The number of benzene rings is 1. The first-order valence-electron chi connectivity index (χ1n) is 14.0. The molecule has 0 spiro atoms. The first-order chi connectivity index (χ1) is 17.9. The fourth-order valence-corrected chi connectivity index (χ4v) is 7.06. The van der Waals surface area contributed by atoms with Crippen LogP contribution < -0.4 is 4.90 Å². The molecule has 2 saturated carbocycles. The van der Waals surface area contributed by atoms with Crippen LogP contribution in [0.25, 0.3) is 11.0 Å². The van der Waals surface area contributed by atoms with Crippen molar-refractivity contribution in [2.45, 2.75) is 89.6 Å². The summed E-state index contributed by atoms with van der Waals surface area (Å²) >= 11 is 0. The quantitative estimate of drug-likeness (QED) is 0.497. The van der Waals surface area contributed by atoms with E-state index in [1.165, 1.54) is 20.0 Å². The Bertz CT molecular complexity index is 1170. The molecule has 1 aromatic heterocycles. The van der Waals surface area contributed by atoms with Crippen molar-refractivity contribution in [2.75, 3.05) is 18.6 Å². The summed E-state index contributed by atoms with van der Waals surface area (Å²) in [4.78, 5) is 35.7. The van der Waals surface area contributed by atoms with Crippen LogP contribution in [0, 0.1) is 17.8 Å². The molecule has 0 bridgehead atoms. The van der Waals surface area contributed by atoms with Gasteiger partial charge in [0.2, 0.25) is 0 Å². The Morgan fingerprint density at radius 1 is 1.14 bits per heavy atom. The normalized spacial score (nSPS) is 28.1. The van der Waals surface area contributed by atoms with Gasteiger partial charge >= 0.3 is 12.1 Å². The minimum absolute atomic E-state index is 0.0638. The predicted molar refractivity (Wildman–Crippen MR) is 145 cm³/mol. The van der Waals surface area contributed by atoms with Crippen LogP contribution in [0.3, 0.4) is 0 Å². The lowest BCUT2D eigenvalue weighted by molar-refractivity contribution is -0.143. The molecule has 200 valence electrons. The molecular weight excluding hydrogens is 468 g/mol. The number of hydrogen-bond donors (Lipinski definition) is 1. The fourth-order valence-electron chi connectivity index (χ4n) is 7.06. The van der Waals surface area contributed by atoms with Crippen LogP contribution in [0.1, 0.15) is 82.1 Å². The molecule has 5 rings (SSSR count). The fraction of sp³-hybridized carbons (Fsp3) is 0.655. The zero-order valence-electron chi connectivity index (χ0n) is 22.2. The van der Waals surface area contributed by atoms with Gasteiger partial charge in [-0.1, -0.05) is 6.42 Å². The molecule has 1 aliphatic heterocycles. The van der Waals surface area contributed by atoms with Crippen molar-refractivity contribution in [3.8, 4) is 0 Å². The number of rotatable bonds is 6. The monoisotopic (exact) mass is 508 g/mol. The maximum atomic E-state index is 12.6. The summed E-state index contributed by atoms with van der Waals surface area (Å²) in [6.07, 6.45) is 10.2. The lowest BCUT2D eigenvalue weighted by Crippen LogP contribution is -2.42. The van der Waals surface area contributed by atoms with E-state index >= 15 is 0 Å². The van der Waals surface area contributed by atoms with Crippen molar-refractivity contribution >= 4 is 35.5 Å². The van der Waals surface area contributed by atoms with E-state index in [-0.39, 0.29) is 24.1 Å². The number of aromatic nitrogens is 2. The molecule has 2 aromatic rings. The highest BCUT2D eigenvalue weighted by Gasteiger charge is 2.35. The maximum absolute atomic E-state index is 12.6. The molecule has 2 fully saturated rings. The van der Waals surface area contributed by atoms with Crippen molar-refractivity contribution in [1.29, 1.82) is 0 Å². The topological polar surface area (TPSA) is 97.0 Å². The summed E-state index contributed by atoms with van der Waals surface area (Å²) in [5.74, 6) is 1.29. The van der Waals surface area contributed by atoms with Gasteiger partial charge in [0.1, 0.15) is 5.82 Å². The number of carbonyl (C=O) groups is 2. The Morgan fingerprint density at radius 2 is 1.89 bits per heavy atom. The summed E-state index contributed by atoms with van der Waals surface area (Å²) in [6, 6.07) is 4.33. The molecule has 3 atom stereocenters. The van der Waals surface area contributed by atoms with Crippen LogP contribution in [-0.4, -0.2) is 53.1 Å². The number of anilines is 1. The number of hydrogen-bond acceptors (Lipinski definition) is 5. The molecule has 8 heteroatoms. The van der Waals surface area contributed by atoms with E-state index in [0.29, 0.717) is 18.3 Å². The highest BCUT2D eigenvalue weighted by Crippen LogP contribution is 2.41. The summed E-state index contributed by atoms with van der Waals surface area (Å²) in [6.45, 7) is 6.58. The number of methoxy groups -OCH3 is 1. The van der Waals surface area contributed by atoms with Crippen LogP contribution >= 0.6 is 0 Å². The van der Waals surface area contributed by atoms with Crippen molar-refractivity contribution in [3.05, 3.63) is 23.5 Å². The third-order valence-electron chi connectivity index (χ3n) is 9.08. The first-order valence-corrected chi connectivity index (χ1v) is 14.0. The number of aliphatic imine (C=N–C) groups is 1. The maximum Gasteiger partial charge on any atom is 0.414 e. The van der Waals surface area contributed by atoms with E-state index < -0.39 is 5.97 Å². The summed E-state index contributed by atoms with van der Waals surface area (Å²) < 4.78 is 7.49. The van der Waals surface area contributed by atoms with Gasteiger partial charge in [-0.25, -0.2) is 9.78 Å².